The number of hydrogen-bond acceptors (Lipinski definition) is 3. The van der Waals surface area contributed by atoms with Gasteiger partial charge in [-0.1, -0.05) is 35.9 Å². The number of carbonyl (C=O) groups excluding carboxylic acids is 2. The van der Waals surface area contributed by atoms with E-state index in [9.17, 15) is 14.0 Å². The second-order valence-electron chi connectivity index (χ2n) is 6.39. The lowest BCUT2D eigenvalue weighted by Gasteiger charge is -2.34. The van der Waals surface area contributed by atoms with Gasteiger partial charge in [0, 0.05) is 39.1 Å². The van der Waals surface area contributed by atoms with Crippen LogP contribution in [-0.2, 0) is 4.79 Å². The Kier molecular flexibility index (Phi) is 6.42. The van der Waals surface area contributed by atoms with Crippen molar-refractivity contribution in [2.45, 2.75) is 6.42 Å². The molecule has 1 fully saturated rings. The van der Waals surface area contributed by atoms with Crippen molar-refractivity contribution in [3.63, 3.8) is 0 Å². The van der Waals surface area contributed by atoms with Gasteiger partial charge in [0.15, 0.2) is 0 Å². The van der Waals surface area contributed by atoms with Gasteiger partial charge in [-0.25, -0.2) is 4.39 Å². The summed E-state index contributed by atoms with van der Waals surface area (Å²) in [5, 5.41) is 3.04. The predicted octanol–water partition coefficient (Wildman–Crippen LogP) is 3.27. The van der Waals surface area contributed by atoms with Crippen molar-refractivity contribution in [2.75, 3.05) is 38.0 Å². The first kappa shape index (κ1) is 19.3. The minimum absolute atomic E-state index is 0.0717. The van der Waals surface area contributed by atoms with Crippen LogP contribution in [-0.4, -0.2) is 54.3 Å². The molecule has 1 heterocycles. The minimum atomic E-state index is -0.447. The molecule has 142 valence electrons. The SMILES string of the molecule is O=C(CCN1CCN(C(=O)c2ccccc2Cl)CC1)Nc1ccccc1F. The van der Waals surface area contributed by atoms with Gasteiger partial charge in [-0.15, -0.1) is 0 Å². The largest absolute Gasteiger partial charge is 0.336 e. The molecule has 0 aliphatic carbocycles. The molecule has 0 saturated carbocycles. The van der Waals surface area contributed by atoms with Gasteiger partial charge in [-0.2, -0.15) is 0 Å². The van der Waals surface area contributed by atoms with Gasteiger partial charge >= 0.3 is 0 Å². The zero-order valence-electron chi connectivity index (χ0n) is 14.8. The van der Waals surface area contributed by atoms with Crippen LogP contribution in [0.4, 0.5) is 10.1 Å². The van der Waals surface area contributed by atoms with Crippen LogP contribution >= 0.6 is 11.6 Å². The van der Waals surface area contributed by atoms with Crippen molar-refractivity contribution in [1.82, 2.24) is 9.80 Å². The summed E-state index contributed by atoms with van der Waals surface area (Å²) < 4.78 is 13.6. The van der Waals surface area contributed by atoms with E-state index in [4.69, 9.17) is 11.6 Å². The molecule has 0 unspecified atom stereocenters. The van der Waals surface area contributed by atoms with Crippen LogP contribution in [0, 0.1) is 5.82 Å². The third-order valence-corrected chi connectivity index (χ3v) is 4.90. The number of hydrogen-bond donors (Lipinski definition) is 1. The lowest BCUT2D eigenvalue weighted by Crippen LogP contribution is -2.49. The maximum absolute atomic E-state index is 13.6. The summed E-state index contributed by atoms with van der Waals surface area (Å²) in [7, 11) is 0. The summed E-state index contributed by atoms with van der Waals surface area (Å²) in [6.07, 6.45) is 0.271. The lowest BCUT2D eigenvalue weighted by molar-refractivity contribution is -0.116. The highest BCUT2D eigenvalue weighted by atomic mass is 35.5. The molecule has 27 heavy (non-hydrogen) atoms. The molecular weight excluding hydrogens is 369 g/mol. The molecule has 0 spiro atoms. The molecule has 2 amide bonds. The second-order valence-corrected chi connectivity index (χ2v) is 6.80. The van der Waals surface area contributed by atoms with Gasteiger partial charge in [0.2, 0.25) is 5.91 Å². The number of piperazine rings is 1. The van der Waals surface area contributed by atoms with E-state index in [0.29, 0.717) is 43.3 Å². The number of anilines is 1. The van der Waals surface area contributed by atoms with Crippen LogP contribution in [0.25, 0.3) is 0 Å². The Morgan fingerprint density at radius 2 is 1.67 bits per heavy atom. The summed E-state index contributed by atoms with van der Waals surface area (Å²) in [6.45, 7) is 3.10. The fourth-order valence-corrected chi connectivity index (χ4v) is 3.23. The molecule has 5 nitrogen and oxygen atoms in total. The first-order valence-corrected chi connectivity index (χ1v) is 9.23. The van der Waals surface area contributed by atoms with E-state index in [2.05, 4.69) is 10.2 Å². The van der Waals surface area contributed by atoms with Gasteiger partial charge in [-0.3, -0.25) is 14.5 Å². The highest BCUT2D eigenvalue weighted by Crippen LogP contribution is 2.18. The van der Waals surface area contributed by atoms with E-state index in [1.807, 2.05) is 0 Å². The van der Waals surface area contributed by atoms with E-state index in [-0.39, 0.29) is 23.9 Å². The van der Waals surface area contributed by atoms with Crippen molar-refractivity contribution in [3.8, 4) is 0 Å². The van der Waals surface area contributed by atoms with Crippen molar-refractivity contribution in [1.29, 1.82) is 0 Å². The maximum atomic E-state index is 13.6. The van der Waals surface area contributed by atoms with Crippen molar-refractivity contribution < 1.29 is 14.0 Å². The summed E-state index contributed by atoms with van der Waals surface area (Å²) in [5.41, 5.74) is 0.703. The first-order chi connectivity index (χ1) is 13.0. The number of rotatable bonds is 5. The van der Waals surface area contributed by atoms with Gasteiger partial charge in [-0.05, 0) is 24.3 Å². The average molecular weight is 390 g/mol. The Balaban J connectivity index is 1.44. The van der Waals surface area contributed by atoms with E-state index >= 15 is 0 Å². The molecule has 0 radical (unpaired) electrons. The van der Waals surface area contributed by atoms with Crippen molar-refractivity contribution in [2.24, 2.45) is 0 Å². The fourth-order valence-electron chi connectivity index (χ4n) is 3.01. The molecule has 1 aliphatic heterocycles. The van der Waals surface area contributed by atoms with Crippen LogP contribution in [0.15, 0.2) is 48.5 Å². The Bertz CT molecular complexity index is 822. The molecule has 0 bridgehead atoms. The average Bonchev–Trinajstić information content (AvgIpc) is 2.68. The molecule has 3 rings (SSSR count). The molecule has 2 aromatic rings. The predicted molar refractivity (Wildman–Crippen MR) is 103 cm³/mol. The van der Waals surface area contributed by atoms with Crippen LogP contribution in [0.5, 0.6) is 0 Å². The topological polar surface area (TPSA) is 52.7 Å². The van der Waals surface area contributed by atoms with E-state index in [0.717, 1.165) is 0 Å². The van der Waals surface area contributed by atoms with Crippen LogP contribution in [0.2, 0.25) is 5.02 Å². The lowest BCUT2D eigenvalue weighted by atomic mass is 10.1. The molecular formula is C20H21ClFN3O2. The highest BCUT2D eigenvalue weighted by Gasteiger charge is 2.23. The number of halogens is 2. The van der Waals surface area contributed by atoms with Crippen molar-refractivity contribution in [3.05, 3.63) is 64.9 Å². The minimum Gasteiger partial charge on any atom is -0.336 e. The third kappa shape index (κ3) is 5.05. The number of amides is 2. The smallest absolute Gasteiger partial charge is 0.255 e. The van der Waals surface area contributed by atoms with Gasteiger partial charge < -0.3 is 10.2 Å². The number of nitrogens with one attached hydrogen (secondary N) is 1. The molecule has 0 atom stereocenters. The first-order valence-electron chi connectivity index (χ1n) is 8.85. The molecule has 7 heteroatoms. The highest BCUT2D eigenvalue weighted by molar-refractivity contribution is 6.33. The second kappa shape index (κ2) is 8.97. The van der Waals surface area contributed by atoms with Crippen LogP contribution < -0.4 is 5.32 Å². The van der Waals surface area contributed by atoms with Gasteiger partial charge in [0.25, 0.3) is 5.91 Å². The summed E-state index contributed by atoms with van der Waals surface area (Å²) in [4.78, 5) is 28.5. The standard InChI is InChI=1S/C20H21ClFN3O2/c21-16-6-2-1-5-15(16)20(27)25-13-11-24(12-14-25)10-9-19(26)23-18-8-4-3-7-17(18)22/h1-8H,9-14H2,(H,23,26). The molecule has 1 N–H and O–H groups in total. The number of benzene rings is 2. The van der Waals surface area contributed by atoms with Crippen molar-refractivity contribution >= 4 is 29.1 Å². The Hall–Kier alpha value is -2.44. The molecule has 1 saturated heterocycles. The summed E-state index contributed by atoms with van der Waals surface area (Å²) >= 11 is 6.10. The third-order valence-electron chi connectivity index (χ3n) is 4.57. The van der Waals surface area contributed by atoms with Gasteiger partial charge in [0.05, 0.1) is 16.3 Å². The number of carbonyl (C=O) groups is 2. The van der Waals surface area contributed by atoms with E-state index < -0.39 is 5.82 Å². The van der Waals surface area contributed by atoms with Crippen LogP contribution in [0.1, 0.15) is 16.8 Å². The molecule has 2 aromatic carbocycles. The van der Waals surface area contributed by atoms with E-state index in [1.54, 1.807) is 41.3 Å². The maximum Gasteiger partial charge on any atom is 0.255 e. The quantitative estimate of drug-likeness (QED) is 0.853. The monoisotopic (exact) mass is 389 g/mol. The Labute approximate surface area is 162 Å². The number of para-hydroxylation sites is 1. The molecule has 0 aromatic heterocycles. The summed E-state index contributed by atoms with van der Waals surface area (Å²) in [5.74, 6) is -0.746. The Morgan fingerprint density at radius 1 is 1.00 bits per heavy atom. The van der Waals surface area contributed by atoms with Gasteiger partial charge in [0.1, 0.15) is 5.82 Å². The normalized spacial score (nSPS) is 14.8. The van der Waals surface area contributed by atoms with Crippen LogP contribution in [0.3, 0.4) is 0 Å². The van der Waals surface area contributed by atoms with E-state index in [1.165, 1.54) is 12.1 Å². The Morgan fingerprint density at radius 3 is 2.37 bits per heavy atom. The zero-order chi connectivity index (χ0) is 19.2. The number of nitrogens with zero attached hydrogens (tertiary/aromatic N) is 2. The fraction of sp³-hybridized carbons (Fsp3) is 0.300. The molecule has 1 aliphatic rings. The zero-order valence-corrected chi connectivity index (χ0v) is 15.6. The summed E-state index contributed by atoms with van der Waals surface area (Å²) in [6, 6.07) is 13.1.